The van der Waals surface area contributed by atoms with Gasteiger partial charge < -0.3 is 20.1 Å². The number of rotatable bonds is 7. The highest BCUT2D eigenvalue weighted by Gasteiger charge is 2.15. The van der Waals surface area contributed by atoms with Crippen molar-refractivity contribution in [1.29, 1.82) is 0 Å². The quantitative estimate of drug-likeness (QED) is 0.667. The standard InChI is InChI=1S/C14H23N3O4/c1-14(2,3)21-13(20)15-8-4-5-10-9-16-11(17-10)6-7-12(18)19/h9H,4-8H2,1-3H3,(H,15,20)(H,16,17)(H,18,19). The lowest BCUT2D eigenvalue weighted by Gasteiger charge is -2.19. The van der Waals surface area contributed by atoms with Gasteiger partial charge in [0.25, 0.3) is 0 Å². The number of aromatic nitrogens is 2. The molecule has 0 aliphatic rings. The van der Waals surface area contributed by atoms with Crippen LogP contribution in [-0.2, 0) is 22.4 Å². The zero-order valence-corrected chi connectivity index (χ0v) is 12.7. The van der Waals surface area contributed by atoms with Crippen molar-refractivity contribution in [2.24, 2.45) is 0 Å². The van der Waals surface area contributed by atoms with E-state index in [0.29, 0.717) is 18.8 Å². The number of nitrogens with zero attached hydrogens (tertiary/aromatic N) is 1. The Hall–Kier alpha value is -2.05. The highest BCUT2D eigenvalue weighted by molar-refractivity contribution is 5.67. The summed E-state index contributed by atoms with van der Waals surface area (Å²) in [5, 5.41) is 11.3. The molecule has 0 unspecified atom stereocenters. The summed E-state index contributed by atoms with van der Waals surface area (Å²) >= 11 is 0. The van der Waals surface area contributed by atoms with Crippen LogP contribution in [0.25, 0.3) is 0 Å². The maximum atomic E-state index is 11.4. The van der Waals surface area contributed by atoms with Crippen molar-refractivity contribution >= 4 is 12.1 Å². The Morgan fingerprint density at radius 2 is 2.10 bits per heavy atom. The van der Waals surface area contributed by atoms with E-state index in [4.69, 9.17) is 9.84 Å². The fourth-order valence-corrected chi connectivity index (χ4v) is 1.67. The van der Waals surface area contributed by atoms with Crippen molar-refractivity contribution in [3.05, 3.63) is 17.7 Å². The lowest BCUT2D eigenvalue weighted by atomic mass is 10.2. The first kappa shape index (κ1) is 17.0. The number of amides is 1. The summed E-state index contributed by atoms with van der Waals surface area (Å²) in [4.78, 5) is 29.1. The maximum Gasteiger partial charge on any atom is 0.407 e. The van der Waals surface area contributed by atoms with Gasteiger partial charge in [0.15, 0.2) is 0 Å². The number of nitrogens with one attached hydrogen (secondary N) is 2. The van der Waals surface area contributed by atoms with E-state index in [2.05, 4.69) is 15.3 Å². The van der Waals surface area contributed by atoms with Crippen LogP contribution < -0.4 is 5.32 Å². The maximum absolute atomic E-state index is 11.4. The fraction of sp³-hybridized carbons (Fsp3) is 0.643. The minimum absolute atomic E-state index is 0.0627. The van der Waals surface area contributed by atoms with Crippen LogP contribution in [0.4, 0.5) is 4.79 Å². The van der Waals surface area contributed by atoms with Gasteiger partial charge in [-0.1, -0.05) is 0 Å². The predicted octanol–water partition coefficient (Wildman–Crippen LogP) is 1.88. The third kappa shape index (κ3) is 7.96. The van der Waals surface area contributed by atoms with E-state index in [9.17, 15) is 9.59 Å². The molecule has 0 atom stereocenters. The molecule has 0 fully saturated rings. The van der Waals surface area contributed by atoms with Gasteiger partial charge in [-0.2, -0.15) is 0 Å². The van der Waals surface area contributed by atoms with E-state index in [1.54, 1.807) is 6.20 Å². The van der Waals surface area contributed by atoms with Gasteiger partial charge in [-0.3, -0.25) is 4.79 Å². The number of aryl methyl sites for hydroxylation is 2. The number of H-pyrrole nitrogens is 1. The van der Waals surface area contributed by atoms with Crippen molar-refractivity contribution in [2.75, 3.05) is 6.54 Å². The van der Waals surface area contributed by atoms with Crippen molar-refractivity contribution in [1.82, 2.24) is 15.3 Å². The Kier molecular flexibility index (Phi) is 6.20. The molecule has 1 rings (SSSR count). The van der Waals surface area contributed by atoms with Crippen molar-refractivity contribution in [3.63, 3.8) is 0 Å². The van der Waals surface area contributed by atoms with Crippen LogP contribution in [0.5, 0.6) is 0 Å². The van der Waals surface area contributed by atoms with E-state index < -0.39 is 17.7 Å². The van der Waals surface area contributed by atoms with Gasteiger partial charge in [0.05, 0.1) is 6.42 Å². The van der Waals surface area contributed by atoms with E-state index in [1.165, 1.54) is 0 Å². The first-order chi connectivity index (χ1) is 9.76. The number of carbonyl (C=O) groups excluding carboxylic acids is 1. The molecule has 0 saturated heterocycles. The van der Waals surface area contributed by atoms with E-state index >= 15 is 0 Å². The number of aromatic amines is 1. The van der Waals surface area contributed by atoms with E-state index in [0.717, 1.165) is 18.5 Å². The molecule has 0 spiro atoms. The molecule has 1 aromatic heterocycles. The molecule has 7 nitrogen and oxygen atoms in total. The number of carboxylic acid groups (broad SMARTS) is 1. The van der Waals surface area contributed by atoms with Crippen LogP contribution in [0, 0.1) is 0 Å². The molecule has 1 amide bonds. The van der Waals surface area contributed by atoms with Crippen molar-refractivity contribution in [2.45, 2.75) is 52.1 Å². The summed E-state index contributed by atoms with van der Waals surface area (Å²) in [6.45, 7) is 5.96. The number of imidazole rings is 1. The van der Waals surface area contributed by atoms with Crippen molar-refractivity contribution < 1.29 is 19.4 Å². The Labute approximate surface area is 124 Å². The van der Waals surface area contributed by atoms with Gasteiger partial charge in [-0.05, 0) is 33.6 Å². The monoisotopic (exact) mass is 297 g/mol. The lowest BCUT2D eigenvalue weighted by Crippen LogP contribution is -2.33. The average molecular weight is 297 g/mol. The number of ether oxygens (including phenoxy) is 1. The molecular formula is C14H23N3O4. The molecule has 0 aromatic carbocycles. The second kappa shape index (κ2) is 7.66. The van der Waals surface area contributed by atoms with Gasteiger partial charge in [-0.25, -0.2) is 9.78 Å². The lowest BCUT2D eigenvalue weighted by molar-refractivity contribution is -0.137. The molecule has 1 heterocycles. The zero-order valence-electron chi connectivity index (χ0n) is 12.7. The molecule has 3 N–H and O–H groups in total. The third-order valence-electron chi connectivity index (χ3n) is 2.55. The summed E-state index contributed by atoms with van der Waals surface area (Å²) in [6.07, 6.45) is 3.22. The summed E-state index contributed by atoms with van der Waals surface area (Å²) in [6, 6.07) is 0. The molecule has 1 aromatic rings. The average Bonchev–Trinajstić information content (AvgIpc) is 2.78. The molecule has 21 heavy (non-hydrogen) atoms. The molecule has 7 heteroatoms. The summed E-state index contributed by atoms with van der Waals surface area (Å²) < 4.78 is 5.12. The molecule has 0 radical (unpaired) electrons. The number of hydrogen-bond donors (Lipinski definition) is 3. The first-order valence-corrected chi connectivity index (χ1v) is 6.97. The number of hydrogen-bond acceptors (Lipinski definition) is 4. The van der Waals surface area contributed by atoms with Crippen LogP contribution in [0.1, 0.15) is 45.1 Å². The van der Waals surface area contributed by atoms with Crippen LogP contribution in [0.3, 0.4) is 0 Å². The minimum Gasteiger partial charge on any atom is -0.481 e. The second-order valence-electron chi connectivity index (χ2n) is 5.78. The molecular weight excluding hydrogens is 274 g/mol. The van der Waals surface area contributed by atoms with Crippen LogP contribution in [0.2, 0.25) is 0 Å². The predicted molar refractivity (Wildman–Crippen MR) is 77.1 cm³/mol. The highest BCUT2D eigenvalue weighted by Crippen LogP contribution is 2.06. The summed E-state index contributed by atoms with van der Waals surface area (Å²) in [7, 11) is 0. The van der Waals surface area contributed by atoms with Gasteiger partial charge in [0, 0.05) is 24.9 Å². The van der Waals surface area contributed by atoms with Gasteiger partial charge >= 0.3 is 12.1 Å². The van der Waals surface area contributed by atoms with Gasteiger partial charge in [-0.15, -0.1) is 0 Å². The van der Waals surface area contributed by atoms with E-state index in [1.807, 2.05) is 20.8 Å². The number of carboxylic acids is 1. The SMILES string of the molecule is CC(C)(C)OC(=O)NCCCc1cnc(CCC(=O)O)[nH]1. The van der Waals surface area contributed by atoms with Crippen LogP contribution in [0.15, 0.2) is 6.20 Å². The van der Waals surface area contributed by atoms with Gasteiger partial charge in [0.2, 0.25) is 0 Å². The number of carbonyl (C=O) groups is 2. The Bertz CT molecular complexity index is 477. The molecule has 0 bridgehead atoms. The summed E-state index contributed by atoms with van der Waals surface area (Å²) in [5.74, 6) is -0.165. The fourth-order valence-electron chi connectivity index (χ4n) is 1.67. The molecule has 0 aliphatic carbocycles. The third-order valence-corrected chi connectivity index (χ3v) is 2.55. The number of alkyl carbamates (subject to hydrolysis) is 1. The first-order valence-electron chi connectivity index (χ1n) is 6.97. The zero-order chi connectivity index (χ0) is 15.9. The topological polar surface area (TPSA) is 104 Å². The summed E-state index contributed by atoms with van der Waals surface area (Å²) in [5.41, 5.74) is 0.438. The molecule has 118 valence electrons. The normalized spacial score (nSPS) is 11.2. The smallest absolute Gasteiger partial charge is 0.407 e. The highest BCUT2D eigenvalue weighted by atomic mass is 16.6. The molecule has 0 aliphatic heterocycles. The number of aliphatic carboxylic acids is 1. The minimum atomic E-state index is -0.838. The largest absolute Gasteiger partial charge is 0.481 e. The van der Waals surface area contributed by atoms with Crippen LogP contribution >= 0.6 is 0 Å². The van der Waals surface area contributed by atoms with Crippen molar-refractivity contribution in [3.8, 4) is 0 Å². The van der Waals surface area contributed by atoms with Crippen LogP contribution in [-0.4, -0.2) is 39.3 Å². The second-order valence-corrected chi connectivity index (χ2v) is 5.78. The molecule has 0 saturated carbocycles. The Morgan fingerprint density at radius 3 is 2.71 bits per heavy atom. The van der Waals surface area contributed by atoms with E-state index in [-0.39, 0.29) is 6.42 Å². The Morgan fingerprint density at radius 1 is 1.38 bits per heavy atom. The van der Waals surface area contributed by atoms with Gasteiger partial charge in [0.1, 0.15) is 11.4 Å². The Balaban J connectivity index is 2.21.